The first-order chi connectivity index (χ1) is 12.0. The number of benzene rings is 1. The van der Waals surface area contributed by atoms with Crippen LogP contribution in [0.1, 0.15) is 5.56 Å². The molecule has 0 radical (unpaired) electrons. The first-order valence-corrected chi connectivity index (χ1v) is 9.31. The Morgan fingerprint density at radius 1 is 1.04 bits per heavy atom. The molecular formula is C17H12Br2Cl2N2O2. The predicted molar refractivity (Wildman–Crippen MR) is 107 cm³/mol. The van der Waals surface area contributed by atoms with Gasteiger partial charge in [0.25, 0.3) is 5.56 Å². The molecule has 1 N–H and O–H groups in total. The Labute approximate surface area is 171 Å². The molecule has 0 fully saturated rings. The summed E-state index contributed by atoms with van der Waals surface area (Å²) in [4.78, 5) is 17.1. The van der Waals surface area contributed by atoms with Crippen molar-refractivity contribution in [1.29, 1.82) is 0 Å². The van der Waals surface area contributed by atoms with Crippen molar-refractivity contribution in [2.24, 2.45) is 0 Å². The molecule has 0 bridgehead atoms. The molecule has 0 atom stereocenters. The van der Waals surface area contributed by atoms with Crippen LogP contribution >= 0.6 is 55.1 Å². The number of ether oxygens (including phenoxy) is 1. The molecule has 4 nitrogen and oxygen atoms in total. The molecule has 0 unspecified atom stereocenters. The van der Waals surface area contributed by atoms with Crippen LogP contribution in [0.5, 0.6) is 5.88 Å². The van der Waals surface area contributed by atoms with Crippen LogP contribution in [0.25, 0.3) is 0 Å². The molecule has 0 saturated carbocycles. The van der Waals surface area contributed by atoms with Crippen molar-refractivity contribution >= 4 is 55.1 Å². The molecule has 2 heterocycles. The largest absolute Gasteiger partial charge is 0.472 e. The van der Waals surface area contributed by atoms with E-state index in [1.807, 2.05) is 30.3 Å². The maximum Gasteiger partial charge on any atom is 0.262 e. The Bertz CT molecular complexity index is 889. The number of nitrogens with one attached hydrogen (secondary N) is 1. The van der Waals surface area contributed by atoms with Crippen LogP contribution in [0.2, 0.25) is 10.0 Å². The van der Waals surface area contributed by atoms with Gasteiger partial charge in [-0.15, -0.1) is 0 Å². The zero-order valence-electron chi connectivity index (χ0n) is 12.7. The van der Waals surface area contributed by atoms with Crippen LogP contribution in [-0.4, -0.2) is 9.97 Å². The van der Waals surface area contributed by atoms with Gasteiger partial charge in [0.2, 0.25) is 5.88 Å². The minimum Gasteiger partial charge on any atom is -0.472 e. The molecule has 25 heavy (non-hydrogen) atoms. The highest BCUT2D eigenvalue weighted by Gasteiger charge is 2.03. The lowest BCUT2D eigenvalue weighted by Gasteiger charge is -2.06. The van der Waals surface area contributed by atoms with Gasteiger partial charge in [0.15, 0.2) is 0 Å². The number of halogens is 4. The first kappa shape index (κ1) is 20.0. The van der Waals surface area contributed by atoms with Crippen LogP contribution in [0.4, 0.5) is 0 Å². The van der Waals surface area contributed by atoms with Crippen molar-refractivity contribution in [2.45, 2.75) is 6.61 Å². The minimum absolute atomic E-state index is 0.167. The van der Waals surface area contributed by atoms with Crippen LogP contribution in [-0.2, 0) is 6.61 Å². The topological polar surface area (TPSA) is 55.0 Å². The van der Waals surface area contributed by atoms with Gasteiger partial charge in [0, 0.05) is 12.4 Å². The van der Waals surface area contributed by atoms with Gasteiger partial charge < -0.3 is 9.72 Å². The predicted octanol–water partition coefficient (Wildman–Crippen LogP) is 5.87. The van der Waals surface area contributed by atoms with Crippen LogP contribution < -0.4 is 10.3 Å². The summed E-state index contributed by atoms with van der Waals surface area (Å²) >= 11 is 17.7. The highest BCUT2D eigenvalue weighted by molar-refractivity contribution is 9.10. The van der Waals surface area contributed by atoms with Gasteiger partial charge in [-0.25, -0.2) is 4.98 Å². The number of hydrogen-bond acceptors (Lipinski definition) is 3. The van der Waals surface area contributed by atoms with E-state index in [-0.39, 0.29) is 5.56 Å². The van der Waals surface area contributed by atoms with Gasteiger partial charge in [0.05, 0.1) is 19.0 Å². The Kier molecular flexibility index (Phi) is 7.96. The standard InChI is InChI=1S/C12H9BrClNO.C5H3BrClNO/c13-11-6-10(14)7-15-12(11)16-8-9-4-2-1-3-5-9;6-4-1-3(7)2-8-5(4)9/h1-7H,8H2;1-2H,(H,8,9). The summed E-state index contributed by atoms with van der Waals surface area (Å²) in [5.74, 6) is 0.549. The zero-order valence-corrected chi connectivity index (χ0v) is 17.4. The minimum atomic E-state index is -0.167. The fourth-order valence-electron chi connectivity index (χ4n) is 1.67. The fraction of sp³-hybridized carbons (Fsp3) is 0.0588. The van der Waals surface area contributed by atoms with Gasteiger partial charge in [-0.1, -0.05) is 53.5 Å². The van der Waals surface area contributed by atoms with Crippen molar-refractivity contribution in [2.75, 3.05) is 0 Å². The summed E-state index contributed by atoms with van der Waals surface area (Å²) in [5, 5.41) is 1.10. The number of aromatic amines is 1. The van der Waals surface area contributed by atoms with Crippen molar-refractivity contribution in [3.63, 3.8) is 0 Å². The summed E-state index contributed by atoms with van der Waals surface area (Å²) in [6.45, 7) is 0.494. The van der Waals surface area contributed by atoms with Gasteiger partial charge in [-0.05, 0) is 49.6 Å². The van der Waals surface area contributed by atoms with Crippen molar-refractivity contribution in [1.82, 2.24) is 9.97 Å². The second kappa shape index (κ2) is 9.97. The Morgan fingerprint density at radius 3 is 2.32 bits per heavy atom. The second-order valence-electron chi connectivity index (χ2n) is 4.71. The number of pyridine rings is 2. The smallest absolute Gasteiger partial charge is 0.262 e. The van der Waals surface area contributed by atoms with E-state index in [1.165, 1.54) is 6.20 Å². The first-order valence-electron chi connectivity index (χ1n) is 6.97. The Balaban J connectivity index is 0.000000212. The van der Waals surface area contributed by atoms with Crippen molar-refractivity contribution in [3.05, 3.63) is 89.8 Å². The molecule has 2 aromatic heterocycles. The van der Waals surface area contributed by atoms with Crippen molar-refractivity contribution < 1.29 is 4.74 Å². The lowest BCUT2D eigenvalue weighted by atomic mass is 10.2. The summed E-state index contributed by atoms with van der Waals surface area (Å²) in [6.07, 6.45) is 3.00. The number of aromatic nitrogens is 2. The van der Waals surface area contributed by atoms with E-state index in [2.05, 4.69) is 41.8 Å². The monoisotopic (exact) mass is 504 g/mol. The third kappa shape index (κ3) is 6.82. The number of H-pyrrole nitrogens is 1. The maximum atomic E-state index is 10.6. The number of hydrogen-bond donors (Lipinski definition) is 1. The van der Waals surface area contributed by atoms with Crippen LogP contribution in [0, 0.1) is 0 Å². The molecule has 8 heteroatoms. The van der Waals surface area contributed by atoms with Crippen LogP contribution in [0.15, 0.2) is 68.6 Å². The summed E-state index contributed by atoms with van der Waals surface area (Å²) < 4.78 is 6.78. The van der Waals surface area contributed by atoms with Crippen LogP contribution in [0.3, 0.4) is 0 Å². The summed E-state index contributed by atoms with van der Waals surface area (Å²) in [6, 6.07) is 13.2. The molecular weight excluding hydrogens is 495 g/mol. The van der Waals surface area contributed by atoms with Gasteiger partial charge >= 0.3 is 0 Å². The van der Waals surface area contributed by atoms with Gasteiger partial charge in [-0.3, -0.25) is 4.79 Å². The fourth-order valence-corrected chi connectivity index (χ4v) is 3.08. The molecule has 130 valence electrons. The van der Waals surface area contributed by atoms with E-state index in [4.69, 9.17) is 27.9 Å². The summed E-state index contributed by atoms with van der Waals surface area (Å²) in [5.41, 5.74) is 0.936. The SMILES string of the molecule is Clc1cnc(OCc2ccccc2)c(Br)c1.O=c1[nH]cc(Cl)cc1Br. The Morgan fingerprint density at radius 2 is 1.72 bits per heavy atom. The van der Waals surface area contributed by atoms with E-state index >= 15 is 0 Å². The van der Waals surface area contributed by atoms with Crippen molar-refractivity contribution in [3.8, 4) is 5.88 Å². The average Bonchev–Trinajstić information content (AvgIpc) is 2.59. The lowest BCUT2D eigenvalue weighted by molar-refractivity contribution is 0.292. The number of nitrogens with zero attached hydrogens (tertiary/aromatic N) is 1. The maximum absolute atomic E-state index is 10.6. The molecule has 0 spiro atoms. The number of rotatable bonds is 3. The molecule has 0 aliphatic carbocycles. The summed E-state index contributed by atoms with van der Waals surface area (Å²) in [7, 11) is 0. The lowest BCUT2D eigenvalue weighted by Crippen LogP contribution is -2.03. The molecule has 0 aliphatic heterocycles. The molecule has 3 rings (SSSR count). The third-order valence-electron chi connectivity index (χ3n) is 2.82. The van der Waals surface area contributed by atoms with E-state index in [0.29, 0.717) is 27.0 Å². The second-order valence-corrected chi connectivity index (χ2v) is 7.29. The van der Waals surface area contributed by atoms with E-state index in [0.717, 1.165) is 10.0 Å². The van der Waals surface area contributed by atoms with E-state index in [1.54, 1.807) is 18.3 Å². The molecule has 0 amide bonds. The molecule has 0 saturated heterocycles. The average molecular weight is 507 g/mol. The highest BCUT2D eigenvalue weighted by Crippen LogP contribution is 2.25. The molecule has 1 aromatic carbocycles. The van der Waals surface area contributed by atoms with Gasteiger partial charge in [0.1, 0.15) is 6.61 Å². The van der Waals surface area contributed by atoms with E-state index < -0.39 is 0 Å². The molecule has 0 aliphatic rings. The highest BCUT2D eigenvalue weighted by atomic mass is 79.9. The quantitative estimate of drug-likeness (QED) is 0.483. The molecule has 3 aromatic rings. The van der Waals surface area contributed by atoms with E-state index in [9.17, 15) is 4.79 Å². The normalized spacial score (nSPS) is 9.92. The zero-order chi connectivity index (χ0) is 18.2. The van der Waals surface area contributed by atoms with Gasteiger partial charge in [-0.2, -0.15) is 0 Å². The Hall–Kier alpha value is -1.34. The third-order valence-corrected chi connectivity index (χ3v) is 4.40.